The van der Waals surface area contributed by atoms with E-state index >= 15 is 0 Å². The fourth-order valence-electron chi connectivity index (χ4n) is 3.01. The first-order valence-corrected chi connectivity index (χ1v) is 9.07. The first kappa shape index (κ1) is 17.8. The summed E-state index contributed by atoms with van der Waals surface area (Å²) in [6.07, 6.45) is -2.52. The summed E-state index contributed by atoms with van der Waals surface area (Å²) >= 11 is 0. The van der Waals surface area contributed by atoms with Crippen molar-refractivity contribution >= 4 is 33.5 Å². The molecule has 4 rings (SSSR count). The number of nitrogen functional groups attached to an aromatic ring is 1. The van der Waals surface area contributed by atoms with E-state index in [4.69, 9.17) is 28.3 Å². The average molecular weight is 401 g/mol. The molecular weight excluding hydrogens is 386 g/mol. The molecule has 2 aromatic rings. The molecule has 0 bridgehead atoms. The number of nitrogens with zero attached hydrogens (tertiary/aromatic N) is 4. The highest BCUT2D eigenvalue weighted by atomic mass is 32.3. The normalized spacial score (nSPS) is 29.0. The quantitative estimate of drug-likeness (QED) is 0.615. The van der Waals surface area contributed by atoms with Gasteiger partial charge in [-0.25, -0.2) is 13.4 Å². The van der Waals surface area contributed by atoms with Gasteiger partial charge in [-0.3, -0.25) is 9.36 Å². The summed E-state index contributed by atoms with van der Waals surface area (Å²) in [7, 11) is -2.81. The minimum Gasteiger partial charge on any atom is -0.479 e. The van der Waals surface area contributed by atoms with Crippen molar-refractivity contribution in [2.24, 2.45) is 0 Å². The molecule has 146 valence electrons. The molecule has 0 unspecified atom stereocenters. The maximum atomic E-state index is 11.8. The molecule has 2 aromatic heterocycles. The van der Waals surface area contributed by atoms with E-state index in [1.807, 2.05) is 0 Å². The smallest absolute Gasteiger partial charge is 0.400 e. The Balaban J connectivity index is 1.74. The van der Waals surface area contributed by atoms with E-state index in [9.17, 15) is 13.2 Å². The third-order valence-electron chi connectivity index (χ3n) is 4.07. The monoisotopic (exact) mass is 401 g/mol. The minimum atomic E-state index is -4.21. The number of carbonyl (C=O) groups is 1. The first-order chi connectivity index (χ1) is 12.8. The Morgan fingerprint density at radius 1 is 1.33 bits per heavy atom. The number of fused-ring (bicyclic) bond motifs is 2. The summed E-state index contributed by atoms with van der Waals surface area (Å²) in [6.45, 7) is 1.01. The van der Waals surface area contributed by atoms with Crippen LogP contribution in [0.15, 0.2) is 6.33 Å². The number of carbonyl (C=O) groups excluding carboxylic acids is 1. The minimum absolute atomic E-state index is 0.0664. The van der Waals surface area contributed by atoms with Crippen molar-refractivity contribution in [3.05, 3.63) is 6.33 Å². The zero-order valence-electron chi connectivity index (χ0n) is 14.1. The van der Waals surface area contributed by atoms with Crippen molar-refractivity contribution in [2.75, 3.05) is 19.5 Å². The van der Waals surface area contributed by atoms with Crippen molar-refractivity contribution in [2.45, 2.75) is 31.5 Å². The molecule has 2 fully saturated rings. The van der Waals surface area contributed by atoms with Gasteiger partial charge in [0.1, 0.15) is 18.8 Å². The van der Waals surface area contributed by atoms with Crippen molar-refractivity contribution in [3.8, 4) is 5.88 Å². The largest absolute Gasteiger partial charge is 0.479 e. The molecule has 27 heavy (non-hydrogen) atoms. The third kappa shape index (κ3) is 3.05. The number of esters is 1. The van der Waals surface area contributed by atoms with Gasteiger partial charge in [-0.15, -0.1) is 0 Å². The predicted octanol–water partition coefficient (Wildman–Crippen LogP) is -1.09. The van der Waals surface area contributed by atoms with Crippen LogP contribution < -0.4 is 10.5 Å². The molecule has 2 saturated heterocycles. The van der Waals surface area contributed by atoms with E-state index in [2.05, 4.69) is 15.0 Å². The highest BCUT2D eigenvalue weighted by Gasteiger charge is 2.57. The summed E-state index contributed by atoms with van der Waals surface area (Å²) in [6, 6.07) is 0. The van der Waals surface area contributed by atoms with Crippen molar-refractivity contribution < 1.29 is 35.8 Å². The Morgan fingerprint density at radius 3 is 2.78 bits per heavy atom. The van der Waals surface area contributed by atoms with Gasteiger partial charge in [-0.2, -0.15) is 18.4 Å². The lowest BCUT2D eigenvalue weighted by Crippen LogP contribution is -2.32. The summed E-state index contributed by atoms with van der Waals surface area (Å²) < 4.78 is 50.8. The van der Waals surface area contributed by atoms with Crippen molar-refractivity contribution in [3.63, 3.8) is 0 Å². The second kappa shape index (κ2) is 6.26. The molecule has 13 nitrogen and oxygen atoms in total. The Kier molecular flexibility index (Phi) is 4.14. The van der Waals surface area contributed by atoms with Gasteiger partial charge in [0.05, 0.1) is 13.4 Å². The van der Waals surface area contributed by atoms with Crippen LogP contribution in [0.3, 0.4) is 0 Å². The lowest BCUT2D eigenvalue weighted by Gasteiger charge is -2.18. The average Bonchev–Trinajstić information content (AvgIpc) is 3.23. The maximum Gasteiger partial charge on any atom is 0.400 e. The first-order valence-electron chi connectivity index (χ1n) is 7.73. The molecule has 0 saturated carbocycles. The van der Waals surface area contributed by atoms with E-state index in [0.29, 0.717) is 5.52 Å². The molecule has 0 amide bonds. The number of aromatic nitrogens is 4. The number of hydrogen-bond donors (Lipinski definition) is 1. The fourth-order valence-corrected chi connectivity index (χ4v) is 4.04. The third-order valence-corrected chi connectivity index (χ3v) is 4.98. The lowest BCUT2D eigenvalue weighted by atomic mass is 10.1. The van der Waals surface area contributed by atoms with Crippen LogP contribution in [0.5, 0.6) is 5.88 Å². The Labute approximate surface area is 152 Å². The van der Waals surface area contributed by atoms with Crippen LogP contribution in [-0.2, 0) is 33.0 Å². The molecule has 0 radical (unpaired) electrons. The Hall–Kier alpha value is -2.55. The second-order valence-corrected chi connectivity index (χ2v) is 7.01. The highest BCUT2D eigenvalue weighted by molar-refractivity contribution is 7.82. The van der Waals surface area contributed by atoms with E-state index < -0.39 is 40.9 Å². The van der Waals surface area contributed by atoms with Crippen LogP contribution in [0, 0.1) is 0 Å². The standard InChI is InChI=1S/C13H15N5O8S/c1-5(19)23-3-6-8-9(26-27(20,21)25-8)12(24-6)18-4-15-7-10(18)16-13(14)17-11(7)22-2/h4,6,8-9,12H,3H2,1-2H3,(H2,14,16,17)/t6-,8-,9-,12-/m1/s1. The summed E-state index contributed by atoms with van der Waals surface area (Å²) in [5.74, 6) is -0.458. The maximum absolute atomic E-state index is 11.8. The van der Waals surface area contributed by atoms with E-state index in [1.165, 1.54) is 24.9 Å². The van der Waals surface area contributed by atoms with Crippen molar-refractivity contribution in [1.29, 1.82) is 0 Å². The predicted molar refractivity (Wildman–Crippen MR) is 85.5 cm³/mol. The summed E-state index contributed by atoms with van der Waals surface area (Å²) in [4.78, 5) is 23.3. The van der Waals surface area contributed by atoms with Crippen LogP contribution in [0.2, 0.25) is 0 Å². The lowest BCUT2D eigenvalue weighted by molar-refractivity contribution is -0.147. The highest BCUT2D eigenvalue weighted by Crippen LogP contribution is 2.41. The molecule has 0 spiro atoms. The van der Waals surface area contributed by atoms with Crippen LogP contribution in [0.4, 0.5) is 5.95 Å². The molecule has 4 atom stereocenters. The molecule has 2 aliphatic heterocycles. The molecule has 0 aromatic carbocycles. The van der Waals surface area contributed by atoms with Gasteiger partial charge in [-0.1, -0.05) is 0 Å². The number of imidazole rings is 1. The zero-order valence-corrected chi connectivity index (χ0v) is 15.0. The number of hydrogen-bond acceptors (Lipinski definition) is 12. The van der Waals surface area contributed by atoms with E-state index in [-0.39, 0.29) is 24.1 Å². The van der Waals surface area contributed by atoms with E-state index in [1.54, 1.807) is 0 Å². The van der Waals surface area contributed by atoms with E-state index in [0.717, 1.165) is 0 Å². The van der Waals surface area contributed by atoms with Gasteiger partial charge < -0.3 is 19.9 Å². The number of ether oxygens (including phenoxy) is 3. The van der Waals surface area contributed by atoms with Gasteiger partial charge in [-0.05, 0) is 0 Å². The van der Waals surface area contributed by atoms with Crippen LogP contribution in [0.1, 0.15) is 13.2 Å². The van der Waals surface area contributed by atoms with Crippen molar-refractivity contribution in [1.82, 2.24) is 19.5 Å². The van der Waals surface area contributed by atoms with Gasteiger partial charge in [0.25, 0.3) is 0 Å². The number of anilines is 1. The number of nitrogens with two attached hydrogens (primary N) is 1. The SMILES string of the molecule is COc1nc(N)nc2c1ncn2[C@@H]1O[C@H](COC(C)=O)[C@H]2OS(=O)(=O)O[C@H]21. The number of rotatable bonds is 4. The molecule has 0 aliphatic carbocycles. The summed E-state index contributed by atoms with van der Waals surface area (Å²) in [5.41, 5.74) is 6.25. The van der Waals surface area contributed by atoms with Gasteiger partial charge >= 0.3 is 16.4 Å². The topological polar surface area (TPSA) is 167 Å². The zero-order chi connectivity index (χ0) is 19.3. The Bertz CT molecular complexity index is 1010. The molecule has 14 heteroatoms. The van der Waals surface area contributed by atoms with Gasteiger partial charge in [0.15, 0.2) is 23.5 Å². The van der Waals surface area contributed by atoms with Crippen LogP contribution in [0.25, 0.3) is 11.2 Å². The molecule has 2 N–H and O–H groups in total. The van der Waals surface area contributed by atoms with Gasteiger partial charge in [0.2, 0.25) is 11.8 Å². The van der Waals surface area contributed by atoms with Crippen LogP contribution >= 0.6 is 0 Å². The molecular formula is C13H15N5O8S. The van der Waals surface area contributed by atoms with Gasteiger partial charge in [0, 0.05) is 6.92 Å². The fraction of sp³-hybridized carbons (Fsp3) is 0.538. The molecule has 4 heterocycles. The Morgan fingerprint density at radius 2 is 2.07 bits per heavy atom. The summed E-state index contributed by atoms with van der Waals surface area (Å²) in [5, 5.41) is 0. The number of methoxy groups -OCH3 is 1. The molecule has 2 aliphatic rings. The second-order valence-electron chi connectivity index (χ2n) is 5.81. The van der Waals surface area contributed by atoms with Crippen LogP contribution in [-0.4, -0.2) is 65.9 Å².